The molecule has 1 aromatic carbocycles. The molecule has 214 valence electrons. The Morgan fingerprint density at radius 2 is 1.97 bits per heavy atom. The van der Waals surface area contributed by atoms with Crippen LogP contribution in [0.3, 0.4) is 0 Å². The number of benzene rings is 1. The number of hydrogen-bond acceptors (Lipinski definition) is 11. The zero-order valence-corrected chi connectivity index (χ0v) is 23.8. The number of ether oxygens (including phenoxy) is 2. The van der Waals surface area contributed by atoms with Gasteiger partial charge in [-0.2, -0.15) is 0 Å². The van der Waals surface area contributed by atoms with E-state index in [0.29, 0.717) is 30.6 Å². The maximum absolute atomic E-state index is 14.0. The standard InChI is InChI=1S/C24H31N3O9PS.H2O/c1-27(2,3)24(15-38,36-37(32,33-4)21-6-5-11-34-21)19-12-18-13-20(28)25(18)22(19)23(29)35-14-16-7-9-17(10-8-16)26(30)31;/h7-10,15,18,21H,5-6,11-14H2,1-4H3;1H2/q+1;/p-1. The minimum atomic E-state index is -3.88. The van der Waals surface area contributed by atoms with Crippen molar-refractivity contribution in [3.63, 3.8) is 0 Å². The monoisotopic (exact) mass is 585 g/mol. The molecular formula is C24H32N3O10PS. The molecule has 0 aliphatic carbocycles. The first-order valence-electron chi connectivity index (χ1n) is 12.1. The van der Waals surface area contributed by atoms with Crippen molar-refractivity contribution < 1.29 is 47.6 Å². The van der Waals surface area contributed by atoms with Gasteiger partial charge in [-0.3, -0.25) is 24.0 Å². The van der Waals surface area contributed by atoms with Gasteiger partial charge >= 0.3 is 13.6 Å². The Labute approximate surface area is 231 Å². The van der Waals surface area contributed by atoms with Gasteiger partial charge in [-0.05, 0) is 30.5 Å². The smallest absolute Gasteiger partial charge is 0.364 e. The fourth-order valence-corrected chi connectivity index (χ4v) is 7.54. The molecule has 2 saturated heterocycles. The Kier molecular flexibility index (Phi) is 9.12. The van der Waals surface area contributed by atoms with E-state index < -0.39 is 30.1 Å². The van der Waals surface area contributed by atoms with Crippen LogP contribution in [0.1, 0.15) is 31.2 Å². The molecule has 0 saturated carbocycles. The zero-order chi connectivity index (χ0) is 27.9. The number of nitro groups is 1. The number of carbonyl (C=O) groups is 2. The molecule has 0 radical (unpaired) electrons. The molecule has 0 spiro atoms. The number of non-ortho nitro benzene ring substituents is 1. The number of fused-ring (bicyclic) bond motifs is 1. The third-order valence-electron chi connectivity index (χ3n) is 7.09. The number of esters is 1. The van der Waals surface area contributed by atoms with Gasteiger partial charge in [0.1, 0.15) is 12.3 Å². The van der Waals surface area contributed by atoms with Gasteiger partial charge in [-0.15, -0.1) is 0 Å². The SMILES string of the molecule is COP(=O)(OC(C=S)(C1=C(C(=O)OCc2ccc([N+](=O)[O-])cc2)N2C(=O)CC2C1)[N+](C)(C)C)C1CCCO1.[OH-]. The maximum Gasteiger partial charge on any atom is 0.364 e. The summed E-state index contributed by atoms with van der Waals surface area (Å²) in [6.45, 7) is 0.242. The van der Waals surface area contributed by atoms with Crippen molar-refractivity contribution in [3.05, 3.63) is 51.2 Å². The van der Waals surface area contributed by atoms with Crippen molar-refractivity contribution in [2.24, 2.45) is 0 Å². The van der Waals surface area contributed by atoms with Crippen molar-refractivity contribution in [1.29, 1.82) is 0 Å². The summed E-state index contributed by atoms with van der Waals surface area (Å²) in [6, 6.07) is 5.32. The summed E-state index contributed by atoms with van der Waals surface area (Å²) in [6.07, 6.45) is 1.68. The van der Waals surface area contributed by atoms with E-state index in [9.17, 15) is 24.3 Å². The van der Waals surface area contributed by atoms with Gasteiger partial charge in [-0.25, -0.2) is 9.32 Å². The molecule has 0 aromatic heterocycles. The van der Waals surface area contributed by atoms with Gasteiger partial charge in [0.2, 0.25) is 5.91 Å². The highest BCUT2D eigenvalue weighted by molar-refractivity contribution is 7.79. The third kappa shape index (κ3) is 5.55. The molecule has 39 heavy (non-hydrogen) atoms. The van der Waals surface area contributed by atoms with Gasteiger partial charge < -0.3 is 24.4 Å². The van der Waals surface area contributed by atoms with E-state index in [-0.39, 0.29) is 52.7 Å². The van der Waals surface area contributed by atoms with E-state index >= 15 is 0 Å². The number of amides is 1. The van der Waals surface area contributed by atoms with E-state index in [1.54, 1.807) is 21.1 Å². The first-order chi connectivity index (χ1) is 17.9. The van der Waals surface area contributed by atoms with E-state index in [1.165, 1.54) is 41.6 Å². The molecule has 0 bridgehead atoms. The molecule has 4 unspecified atom stereocenters. The number of likely N-dealkylation sites (N-methyl/N-ethyl adjacent to an activating group) is 1. The number of nitro benzene ring substituents is 1. The molecule has 4 rings (SSSR count). The van der Waals surface area contributed by atoms with Crippen LogP contribution >= 0.6 is 19.8 Å². The molecule has 13 nitrogen and oxygen atoms in total. The minimum Gasteiger partial charge on any atom is -0.870 e. The van der Waals surface area contributed by atoms with Crippen LogP contribution in [0.2, 0.25) is 0 Å². The van der Waals surface area contributed by atoms with Crippen LogP contribution in [-0.2, 0) is 39.3 Å². The summed E-state index contributed by atoms with van der Waals surface area (Å²) in [7, 11) is 2.74. The summed E-state index contributed by atoms with van der Waals surface area (Å²) in [5.41, 5.74) is -0.778. The predicted molar refractivity (Wildman–Crippen MR) is 141 cm³/mol. The number of nitrogens with zero attached hydrogens (tertiary/aromatic N) is 3. The van der Waals surface area contributed by atoms with Crippen molar-refractivity contribution in [3.8, 4) is 0 Å². The van der Waals surface area contributed by atoms with Crippen LogP contribution in [0.25, 0.3) is 0 Å². The number of β-lactam (4-membered cyclic amide) rings is 1. The maximum atomic E-state index is 14.0. The average Bonchev–Trinajstić information content (AvgIpc) is 3.52. The van der Waals surface area contributed by atoms with E-state index in [1.807, 2.05) is 0 Å². The summed E-state index contributed by atoms with van der Waals surface area (Å²) < 4.78 is 36.9. The van der Waals surface area contributed by atoms with Gasteiger partial charge in [0.05, 0.1) is 43.0 Å². The zero-order valence-electron chi connectivity index (χ0n) is 22.1. The number of carbonyl (C=O) groups excluding carboxylic acids is 2. The Hall–Kier alpha value is -2.58. The lowest BCUT2D eigenvalue weighted by Gasteiger charge is -2.45. The van der Waals surface area contributed by atoms with Crippen molar-refractivity contribution in [2.75, 3.05) is 34.9 Å². The quantitative estimate of drug-likeness (QED) is 0.0548. The van der Waals surface area contributed by atoms with E-state index in [2.05, 4.69) is 0 Å². The van der Waals surface area contributed by atoms with Crippen LogP contribution in [0, 0.1) is 10.1 Å². The lowest BCUT2D eigenvalue weighted by molar-refractivity contribution is -0.925. The molecule has 3 aliphatic heterocycles. The van der Waals surface area contributed by atoms with Crippen molar-refractivity contribution in [2.45, 2.75) is 49.9 Å². The molecule has 1 amide bonds. The number of thiocarbonyl (C=S) groups is 1. The Bertz CT molecular complexity index is 1230. The summed E-state index contributed by atoms with van der Waals surface area (Å²) in [5, 5.41) is 12.2. The second-order valence-electron chi connectivity index (χ2n) is 10.3. The van der Waals surface area contributed by atoms with Crippen molar-refractivity contribution >= 4 is 42.7 Å². The van der Waals surface area contributed by atoms with Gasteiger partial charge in [-0.1, -0.05) is 12.2 Å². The second-order valence-corrected chi connectivity index (χ2v) is 12.7. The predicted octanol–water partition coefficient (Wildman–Crippen LogP) is 3.11. The van der Waals surface area contributed by atoms with Crippen LogP contribution in [0.4, 0.5) is 5.69 Å². The van der Waals surface area contributed by atoms with Crippen LogP contribution < -0.4 is 0 Å². The summed E-state index contributed by atoms with van der Waals surface area (Å²) in [5.74, 6) is -1.82. The van der Waals surface area contributed by atoms with Gasteiger partial charge in [0, 0.05) is 38.7 Å². The van der Waals surface area contributed by atoms with Crippen LogP contribution in [-0.4, -0.2) is 89.5 Å². The molecule has 4 atom stereocenters. The lowest BCUT2D eigenvalue weighted by atomic mass is 9.94. The highest BCUT2D eigenvalue weighted by Crippen LogP contribution is 2.61. The number of quaternary nitrogens is 1. The topological polar surface area (TPSA) is 165 Å². The molecular weight excluding hydrogens is 553 g/mol. The minimum absolute atomic E-state index is 0. The third-order valence-corrected chi connectivity index (χ3v) is 9.56. The van der Waals surface area contributed by atoms with E-state index in [0.717, 1.165) is 0 Å². The first kappa shape index (κ1) is 31.0. The van der Waals surface area contributed by atoms with E-state index in [4.69, 9.17) is 30.7 Å². The molecule has 15 heteroatoms. The lowest BCUT2D eigenvalue weighted by Crippen LogP contribution is -2.61. The molecule has 3 heterocycles. The fraction of sp³-hybridized carbons (Fsp3) is 0.542. The average molecular weight is 586 g/mol. The number of rotatable bonds is 11. The van der Waals surface area contributed by atoms with Crippen LogP contribution in [0.5, 0.6) is 0 Å². The molecule has 3 aliphatic rings. The Morgan fingerprint density at radius 1 is 1.31 bits per heavy atom. The molecule has 1 N–H and O–H groups in total. The number of hydrogen-bond donors (Lipinski definition) is 0. The highest BCUT2D eigenvalue weighted by Gasteiger charge is 2.61. The second kappa shape index (κ2) is 11.5. The highest BCUT2D eigenvalue weighted by atomic mass is 32.1. The largest absolute Gasteiger partial charge is 0.870 e. The molecule has 2 fully saturated rings. The Balaban J connectivity index is 0.00000420. The molecule has 1 aromatic rings. The summed E-state index contributed by atoms with van der Waals surface area (Å²) in [4.78, 5) is 37.9. The normalized spacial score (nSPS) is 23.7. The summed E-state index contributed by atoms with van der Waals surface area (Å²) >= 11 is 5.47. The van der Waals surface area contributed by atoms with Gasteiger partial charge in [0.25, 0.3) is 11.4 Å². The van der Waals surface area contributed by atoms with Gasteiger partial charge in [0.15, 0.2) is 5.85 Å². The van der Waals surface area contributed by atoms with Crippen molar-refractivity contribution in [1.82, 2.24) is 4.90 Å². The Morgan fingerprint density at radius 3 is 2.46 bits per heavy atom. The fourth-order valence-electron chi connectivity index (χ4n) is 4.95. The van der Waals surface area contributed by atoms with Crippen LogP contribution in [0.15, 0.2) is 35.5 Å². The first-order valence-corrected chi connectivity index (χ1v) is 14.2.